The number of carboxylic acid groups (broad SMARTS) is 3. The number of aliphatic carboxylic acids is 3. The zero-order chi connectivity index (χ0) is 19.4. The molecule has 2 heterocycles. The Labute approximate surface area is 148 Å². The molecule has 9 heteroatoms. The van der Waals surface area contributed by atoms with Gasteiger partial charge >= 0.3 is 17.9 Å². The smallest absolute Gasteiger partial charge is 0.320 e. The highest BCUT2D eigenvalue weighted by molar-refractivity contribution is 5.74. The Bertz CT molecular complexity index is 392. The molecule has 3 unspecified atom stereocenters. The van der Waals surface area contributed by atoms with E-state index in [0.717, 1.165) is 38.8 Å². The zero-order valence-corrected chi connectivity index (χ0v) is 14.9. The molecule has 2 fully saturated rings. The van der Waals surface area contributed by atoms with E-state index < -0.39 is 23.9 Å². The Morgan fingerprint density at radius 3 is 1.48 bits per heavy atom. The van der Waals surface area contributed by atoms with Crippen LogP contribution in [0.5, 0.6) is 0 Å². The van der Waals surface area contributed by atoms with Crippen molar-refractivity contribution in [1.29, 1.82) is 0 Å². The van der Waals surface area contributed by atoms with Crippen LogP contribution >= 0.6 is 0 Å². The Morgan fingerprint density at radius 1 is 0.960 bits per heavy atom. The van der Waals surface area contributed by atoms with Gasteiger partial charge in [-0.05, 0) is 51.1 Å². The monoisotopic (exact) mass is 361 g/mol. The molecule has 0 aromatic rings. The van der Waals surface area contributed by atoms with Crippen LogP contribution in [-0.2, 0) is 14.4 Å². The minimum atomic E-state index is -0.913. The summed E-state index contributed by atoms with van der Waals surface area (Å²) in [6.45, 7) is 5.61. The molecule has 25 heavy (non-hydrogen) atoms. The van der Waals surface area contributed by atoms with E-state index in [-0.39, 0.29) is 12.1 Å². The summed E-state index contributed by atoms with van der Waals surface area (Å²) in [5.41, 5.74) is 5.22. The standard InChI is InChI=1S/C6H13NO2.2C5H9NO2/c1-4(2)3-5(7)6(8)9;2*7-5(8)4-2-1-3-6-4/h4-5H,3,7H2,1-2H3,(H,8,9);2*4,6H,1-3H2,(H,7,8). The van der Waals surface area contributed by atoms with Gasteiger partial charge in [0.1, 0.15) is 18.1 Å². The Balaban J connectivity index is 0.000000346. The minimum Gasteiger partial charge on any atom is -0.480 e. The van der Waals surface area contributed by atoms with Gasteiger partial charge < -0.3 is 31.7 Å². The molecule has 0 spiro atoms. The fraction of sp³-hybridized carbons (Fsp3) is 0.812. The summed E-state index contributed by atoms with van der Waals surface area (Å²) >= 11 is 0. The molecule has 0 aromatic heterocycles. The van der Waals surface area contributed by atoms with E-state index >= 15 is 0 Å². The highest BCUT2D eigenvalue weighted by Gasteiger charge is 2.20. The zero-order valence-electron chi connectivity index (χ0n) is 14.9. The summed E-state index contributed by atoms with van der Waals surface area (Å²) in [5, 5.41) is 30.7. The number of nitrogens with two attached hydrogens (primary N) is 1. The lowest BCUT2D eigenvalue weighted by Gasteiger charge is -2.07. The third-order valence-electron chi connectivity index (χ3n) is 3.76. The van der Waals surface area contributed by atoms with Crippen molar-refractivity contribution in [3.8, 4) is 0 Å². The van der Waals surface area contributed by atoms with Gasteiger partial charge in [0.05, 0.1) is 0 Å². The van der Waals surface area contributed by atoms with Crippen LogP contribution in [0.4, 0.5) is 0 Å². The van der Waals surface area contributed by atoms with E-state index in [2.05, 4.69) is 10.6 Å². The van der Waals surface area contributed by atoms with Crippen LogP contribution in [0.25, 0.3) is 0 Å². The first-order chi connectivity index (χ1) is 11.6. The minimum absolute atomic E-state index is 0.269. The third-order valence-corrected chi connectivity index (χ3v) is 3.76. The second-order valence-electron chi connectivity index (χ2n) is 6.55. The normalized spacial score (nSPS) is 23.0. The second kappa shape index (κ2) is 12.6. The van der Waals surface area contributed by atoms with Gasteiger partial charge in [0.15, 0.2) is 0 Å². The summed E-state index contributed by atoms with van der Waals surface area (Å²) in [5.74, 6) is -2.00. The quantitative estimate of drug-likeness (QED) is 0.398. The molecule has 2 aliphatic heterocycles. The van der Waals surface area contributed by atoms with Crippen molar-refractivity contribution in [3.05, 3.63) is 0 Å². The Kier molecular flexibility index (Phi) is 11.8. The fourth-order valence-corrected chi connectivity index (χ4v) is 2.40. The van der Waals surface area contributed by atoms with E-state index in [9.17, 15) is 14.4 Å². The van der Waals surface area contributed by atoms with Crippen molar-refractivity contribution in [2.75, 3.05) is 13.1 Å². The maximum absolute atomic E-state index is 10.1. The van der Waals surface area contributed by atoms with Crippen molar-refractivity contribution in [2.45, 2.75) is 64.1 Å². The molecule has 0 aromatic carbocycles. The van der Waals surface area contributed by atoms with Crippen molar-refractivity contribution in [2.24, 2.45) is 11.7 Å². The molecule has 7 N–H and O–H groups in total. The summed E-state index contributed by atoms with van der Waals surface area (Å²) in [4.78, 5) is 30.4. The van der Waals surface area contributed by atoms with Gasteiger partial charge in [-0.25, -0.2) is 0 Å². The number of carbonyl (C=O) groups is 3. The molecule has 146 valence electrons. The van der Waals surface area contributed by atoms with E-state index in [0.29, 0.717) is 12.3 Å². The average Bonchev–Trinajstić information content (AvgIpc) is 3.21. The molecule has 0 radical (unpaired) electrons. The molecule has 2 saturated heterocycles. The van der Waals surface area contributed by atoms with E-state index in [1.54, 1.807) is 0 Å². The summed E-state index contributed by atoms with van der Waals surface area (Å²) in [7, 11) is 0. The number of nitrogens with one attached hydrogen (secondary N) is 2. The van der Waals surface area contributed by atoms with Gasteiger partial charge in [-0.3, -0.25) is 14.4 Å². The van der Waals surface area contributed by atoms with Gasteiger partial charge in [0.25, 0.3) is 0 Å². The summed E-state index contributed by atoms with van der Waals surface area (Å²) in [6.07, 6.45) is 4.12. The average molecular weight is 361 g/mol. The SMILES string of the molecule is CC(C)CC(N)C(=O)O.O=C(O)C1CCCN1.O=C(O)C1CCCN1. The first kappa shape index (κ1) is 23.3. The van der Waals surface area contributed by atoms with Crippen LogP contribution in [0.2, 0.25) is 0 Å². The Morgan fingerprint density at radius 2 is 1.36 bits per heavy atom. The first-order valence-corrected chi connectivity index (χ1v) is 8.55. The molecule has 2 aliphatic rings. The van der Waals surface area contributed by atoms with E-state index in [4.69, 9.17) is 21.1 Å². The molecular weight excluding hydrogens is 330 g/mol. The molecule has 0 amide bonds. The van der Waals surface area contributed by atoms with Crippen molar-refractivity contribution >= 4 is 17.9 Å². The summed E-state index contributed by atoms with van der Waals surface area (Å²) in [6, 6.07) is -1.23. The van der Waals surface area contributed by atoms with Gasteiger partial charge in [-0.1, -0.05) is 13.8 Å². The molecule has 3 atom stereocenters. The van der Waals surface area contributed by atoms with Crippen molar-refractivity contribution in [1.82, 2.24) is 10.6 Å². The van der Waals surface area contributed by atoms with Crippen LogP contribution in [0.3, 0.4) is 0 Å². The van der Waals surface area contributed by atoms with Gasteiger partial charge in [0, 0.05) is 0 Å². The summed E-state index contributed by atoms with van der Waals surface area (Å²) < 4.78 is 0. The topological polar surface area (TPSA) is 162 Å². The predicted octanol–water partition coefficient (Wildman–Crippen LogP) is 0.0904. The van der Waals surface area contributed by atoms with Gasteiger partial charge in [-0.2, -0.15) is 0 Å². The van der Waals surface area contributed by atoms with Crippen LogP contribution in [-0.4, -0.2) is 64.4 Å². The van der Waals surface area contributed by atoms with Crippen molar-refractivity contribution < 1.29 is 29.7 Å². The third kappa shape index (κ3) is 11.5. The molecule has 0 aliphatic carbocycles. The lowest BCUT2D eigenvalue weighted by atomic mass is 10.1. The maximum atomic E-state index is 10.1. The van der Waals surface area contributed by atoms with E-state index in [1.165, 1.54) is 0 Å². The van der Waals surface area contributed by atoms with Gasteiger partial charge in [-0.15, -0.1) is 0 Å². The molecular formula is C16H31N3O6. The van der Waals surface area contributed by atoms with Gasteiger partial charge in [0.2, 0.25) is 0 Å². The second-order valence-corrected chi connectivity index (χ2v) is 6.55. The van der Waals surface area contributed by atoms with Crippen LogP contribution in [0.15, 0.2) is 0 Å². The number of rotatable bonds is 5. The lowest BCUT2D eigenvalue weighted by molar-refractivity contribution is -0.140. The number of carboxylic acids is 3. The van der Waals surface area contributed by atoms with Crippen LogP contribution in [0.1, 0.15) is 46.0 Å². The Hall–Kier alpha value is -1.71. The molecule has 0 saturated carbocycles. The van der Waals surface area contributed by atoms with E-state index in [1.807, 2.05) is 13.8 Å². The molecule has 2 rings (SSSR count). The maximum Gasteiger partial charge on any atom is 0.320 e. The van der Waals surface area contributed by atoms with Crippen LogP contribution in [0, 0.1) is 5.92 Å². The lowest BCUT2D eigenvalue weighted by Crippen LogP contribution is -2.31. The van der Waals surface area contributed by atoms with Crippen LogP contribution < -0.4 is 16.4 Å². The number of hydrogen-bond donors (Lipinski definition) is 6. The predicted molar refractivity (Wildman–Crippen MR) is 92.4 cm³/mol. The molecule has 9 nitrogen and oxygen atoms in total. The highest BCUT2D eigenvalue weighted by Crippen LogP contribution is 2.04. The first-order valence-electron chi connectivity index (χ1n) is 8.55. The fourth-order valence-electron chi connectivity index (χ4n) is 2.40. The van der Waals surface area contributed by atoms with Crippen molar-refractivity contribution in [3.63, 3.8) is 0 Å². The number of hydrogen-bond acceptors (Lipinski definition) is 6. The molecule has 0 bridgehead atoms. The largest absolute Gasteiger partial charge is 0.480 e. The highest BCUT2D eigenvalue weighted by atomic mass is 16.4.